The first-order valence-electron chi connectivity index (χ1n) is 9.41. The molecule has 154 valence electrons. The zero-order valence-electron chi connectivity index (χ0n) is 16.8. The fraction of sp³-hybridized carbons (Fsp3) is 0.125. The highest BCUT2D eigenvalue weighted by Gasteiger charge is 2.17. The van der Waals surface area contributed by atoms with Gasteiger partial charge in [0.05, 0.1) is 23.3 Å². The molecule has 3 aromatic carbocycles. The molecule has 0 fully saturated rings. The summed E-state index contributed by atoms with van der Waals surface area (Å²) in [5.74, 6) is -0.448. The number of methoxy groups -OCH3 is 1. The third kappa shape index (κ3) is 5.36. The SMILES string of the molecule is COC(=O)c1ccc(C(=CCc2ccccc2)NS(=O)(=O)c2ccc(C)cc2)cc1. The summed E-state index contributed by atoms with van der Waals surface area (Å²) in [5.41, 5.74) is 3.51. The predicted octanol–water partition coefficient (Wildman–Crippen LogP) is 4.34. The van der Waals surface area contributed by atoms with Crippen molar-refractivity contribution in [3.8, 4) is 0 Å². The van der Waals surface area contributed by atoms with Crippen molar-refractivity contribution in [1.82, 2.24) is 4.72 Å². The molecule has 3 aromatic rings. The summed E-state index contributed by atoms with van der Waals surface area (Å²) in [4.78, 5) is 11.9. The van der Waals surface area contributed by atoms with Gasteiger partial charge in [0, 0.05) is 0 Å². The topological polar surface area (TPSA) is 72.5 Å². The fourth-order valence-corrected chi connectivity index (χ4v) is 3.98. The molecule has 5 nitrogen and oxygen atoms in total. The molecule has 1 N–H and O–H groups in total. The summed E-state index contributed by atoms with van der Waals surface area (Å²) < 4.78 is 33.3. The van der Waals surface area contributed by atoms with Crippen LogP contribution in [0.2, 0.25) is 0 Å². The molecule has 0 heterocycles. The van der Waals surface area contributed by atoms with Crippen LogP contribution in [0.15, 0.2) is 89.8 Å². The molecule has 0 atom stereocenters. The monoisotopic (exact) mass is 421 g/mol. The lowest BCUT2D eigenvalue weighted by Crippen LogP contribution is -2.22. The molecule has 0 amide bonds. The number of rotatable bonds is 7. The number of benzene rings is 3. The summed E-state index contributed by atoms with van der Waals surface area (Å²) in [6.45, 7) is 1.90. The molecule has 0 aliphatic carbocycles. The van der Waals surface area contributed by atoms with E-state index in [9.17, 15) is 13.2 Å². The second-order valence-corrected chi connectivity index (χ2v) is 8.48. The molecule has 0 aromatic heterocycles. The second kappa shape index (κ2) is 9.41. The Bertz CT molecular complexity index is 1130. The van der Waals surface area contributed by atoms with E-state index in [-0.39, 0.29) is 4.90 Å². The van der Waals surface area contributed by atoms with Gasteiger partial charge in [0.15, 0.2) is 0 Å². The van der Waals surface area contributed by atoms with E-state index < -0.39 is 16.0 Å². The van der Waals surface area contributed by atoms with Crippen molar-refractivity contribution in [3.63, 3.8) is 0 Å². The van der Waals surface area contributed by atoms with Crippen LogP contribution in [0.3, 0.4) is 0 Å². The van der Waals surface area contributed by atoms with E-state index in [0.717, 1.165) is 11.1 Å². The molecular weight excluding hydrogens is 398 g/mol. The highest BCUT2D eigenvalue weighted by molar-refractivity contribution is 7.89. The van der Waals surface area contributed by atoms with Gasteiger partial charge in [-0.1, -0.05) is 66.2 Å². The lowest BCUT2D eigenvalue weighted by Gasteiger charge is -2.13. The van der Waals surface area contributed by atoms with E-state index in [1.54, 1.807) is 48.5 Å². The maximum Gasteiger partial charge on any atom is 0.337 e. The third-order valence-corrected chi connectivity index (χ3v) is 5.96. The Hall–Kier alpha value is -3.38. The molecular formula is C24H23NO4S. The lowest BCUT2D eigenvalue weighted by molar-refractivity contribution is 0.0600. The Balaban J connectivity index is 1.94. The van der Waals surface area contributed by atoms with Gasteiger partial charge in [-0.2, -0.15) is 0 Å². The van der Waals surface area contributed by atoms with Crippen LogP contribution in [0.25, 0.3) is 5.70 Å². The maximum atomic E-state index is 12.9. The molecule has 0 saturated carbocycles. The minimum Gasteiger partial charge on any atom is -0.465 e. The van der Waals surface area contributed by atoms with Gasteiger partial charge < -0.3 is 4.74 Å². The predicted molar refractivity (Wildman–Crippen MR) is 117 cm³/mol. The number of ether oxygens (including phenoxy) is 1. The Morgan fingerprint density at radius 3 is 2.10 bits per heavy atom. The molecule has 0 radical (unpaired) electrons. The normalized spacial score (nSPS) is 11.7. The van der Waals surface area contributed by atoms with Crippen molar-refractivity contribution in [2.75, 3.05) is 7.11 Å². The van der Waals surface area contributed by atoms with E-state index in [0.29, 0.717) is 23.2 Å². The molecule has 0 saturated heterocycles. The number of nitrogens with one attached hydrogen (secondary N) is 1. The van der Waals surface area contributed by atoms with Crippen LogP contribution in [-0.4, -0.2) is 21.5 Å². The van der Waals surface area contributed by atoms with Crippen molar-refractivity contribution in [1.29, 1.82) is 0 Å². The molecule has 3 rings (SSSR count). The van der Waals surface area contributed by atoms with Crippen molar-refractivity contribution in [2.24, 2.45) is 0 Å². The van der Waals surface area contributed by atoms with Crippen LogP contribution >= 0.6 is 0 Å². The maximum absolute atomic E-state index is 12.9. The smallest absolute Gasteiger partial charge is 0.337 e. The summed E-state index contributed by atoms with van der Waals surface area (Å²) in [5, 5.41) is 0. The zero-order valence-corrected chi connectivity index (χ0v) is 17.6. The molecule has 0 aliphatic rings. The average Bonchev–Trinajstić information content (AvgIpc) is 2.77. The second-order valence-electron chi connectivity index (χ2n) is 6.80. The van der Waals surface area contributed by atoms with Gasteiger partial charge in [0.25, 0.3) is 10.0 Å². The first-order valence-corrected chi connectivity index (χ1v) is 10.9. The van der Waals surface area contributed by atoms with Crippen LogP contribution in [0.1, 0.15) is 27.0 Å². The van der Waals surface area contributed by atoms with E-state index in [4.69, 9.17) is 4.74 Å². The quantitative estimate of drug-likeness (QED) is 0.576. The molecule has 6 heteroatoms. The molecule has 0 spiro atoms. The Labute approximate surface area is 177 Å². The van der Waals surface area contributed by atoms with E-state index in [1.807, 2.05) is 43.3 Å². The molecule has 0 aliphatic heterocycles. The van der Waals surface area contributed by atoms with Gasteiger partial charge in [-0.05, 0) is 48.7 Å². The Kier molecular flexibility index (Phi) is 6.69. The minimum absolute atomic E-state index is 0.185. The van der Waals surface area contributed by atoms with Crippen molar-refractivity contribution in [3.05, 3.63) is 107 Å². The van der Waals surface area contributed by atoms with Crippen molar-refractivity contribution >= 4 is 21.7 Å². The molecule has 0 unspecified atom stereocenters. The fourth-order valence-electron chi connectivity index (χ4n) is 2.88. The number of esters is 1. The highest BCUT2D eigenvalue weighted by atomic mass is 32.2. The largest absolute Gasteiger partial charge is 0.465 e. The van der Waals surface area contributed by atoms with Gasteiger partial charge in [-0.25, -0.2) is 13.2 Å². The van der Waals surface area contributed by atoms with Gasteiger partial charge in [-0.15, -0.1) is 0 Å². The lowest BCUT2D eigenvalue weighted by atomic mass is 10.1. The first-order chi connectivity index (χ1) is 14.4. The Morgan fingerprint density at radius 2 is 1.50 bits per heavy atom. The van der Waals surface area contributed by atoms with Crippen molar-refractivity contribution < 1.29 is 17.9 Å². The van der Waals surface area contributed by atoms with Crippen LogP contribution in [0.5, 0.6) is 0 Å². The summed E-state index contributed by atoms with van der Waals surface area (Å²) in [6.07, 6.45) is 2.37. The van der Waals surface area contributed by atoms with Crippen molar-refractivity contribution in [2.45, 2.75) is 18.2 Å². The Morgan fingerprint density at radius 1 is 0.900 bits per heavy atom. The van der Waals surface area contributed by atoms with Crippen LogP contribution in [-0.2, 0) is 21.2 Å². The standard InChI is InChI=1S/C24H23NO4S/c1-18-8-15-22(16-9-18)30(27,28)25-23(17-10-19-6-4-3-5-7-19)20-11-13-21(14-12-20)24(26)29-2/h3-9,11-17,25H,10H2,1-2H3. The van der Waals surface area contributed by atoms with E-state index in [1.165, 1.54) is 7.11 Å². The number of carbonyl (C=O) groups excluding carboxylic acids is 1. The summed E-state index contributed by atoms with van der Waals surface area (Å²) in [6, 6.07) is 23.0. The van der Waals surface area contributed by atoms with E-state index in [2.05, 4.69) is 4.72 Å². The van der Waals surface area contributed by atoms with Crippen LogP contribution in [0.4, 0.5) is 0 Å². The summed E-state index contributed by atoms with van der Waals surface area (Å²) >= 11 is 0. The van der Waals surface area contributed by atoms with Gasteiger partial charge in [-0.3, -0.25) is 4.72 Å². The van der Waals surface area contributed by atoms with Crippen LogP contribution in [0, 0.1) is 6.92 Å². The third-order valence-electron chi connectivity index (χ3n) is 4.58. The zero-order chi connectivity index (χ0) is 21.6. The summed E-state index contributed by atoms with van der Waals surface area (Å²) in [7, 11) is -2.45. The number of sulfonamides is 1. The molecule has 0 bridgehead atoms. The minimum atomic E-state index is -3.77. The van der Waals surface area contributed by atoms with Gasteiger partial charge >= 0.3 is 5.97 Å². The van der Waals surface area contributed by atoms with Gasteiger partial charge in [0.1, 0.15) is 0 Å². The highest BCUT2D eigenvalue weighted by Crippen LogP contribution is 2.19. The first kappa shape index (κ1) is 21.3. The number of aryl methyl sites for hydroxylation is 1. The number of hydrogen-bond acceptors (Lipinski definition) is 4. The number of hydrogen-bond donors (Lipinski definition) is 1. The number of allylic oxidation sites excluding steroid dienone is 1. The average molecular weight is 422 g/mol. The van der Waals surface area contributed by atoms with Crippen LogP contribution < -0.4 is 4.72 Å². The molecule has 30 heavy (non-hydrogen) atoms. The van der Waals surface area contributed by atoms with Gasteiger partial charge in [0.2, 0.25) is 0 Å². The number of carbonyl (C=O) groups is 1. The van der Waals surface area contributed by atoms with E-state index >= 15 is 0 Å².